The van der Waals surface area contributed by atoms with E-state index in [-0.39, 0.29) is 6.61 Å². The van der Waals surface area contributed by atoms with E-state index >= 15 is 0 Å². The second-order valence-electron chi connectivity index (χ2n) is 4.16. The van der Waals surface area contributed by atoms with Crippen molar-refractivity contribution in [2.75, 3.05) is 6.61 Å². The number of benzene rings is 1. The van der Waals surface area contributed by atoms with Crippen molar-refractivity contribution in [3.63, 3.8) is 0 Å². The van der Waals surface area contributed by atoms with Crippen molar-refractivity contribution in [3.05, 3.63) is 35.5 Å². The normalized spacial score (nSPS) is 10.5. The Morgan fingerprint density at radius 3 is 2.42 bits per heavy atom. The Morgan fingerprint density at radius 2 is 1.84 bits per heavy atom. The summed E-state index contributed by atoms with van der Waals surface area (Å²) in [6.07, 6.45) is 0. The van der Waals surface area contributed by atoms with Crippen LogP contribution in [0, 0.1) is 6.92 Å². The van der Waals surface area contributed by atoms with Crippen LogP contribution in [0.1, 0.15) is 18.2 Å². The van der Waals surface area contributed by atoms with Gasteiger partial charge in [-0.25, -0.2) is 4.68 Å². The molecule has 0 fully saturated rings. The summed E-state index contributed by atoms with van der Waals surface area (Å²) in [6, 6.07) is 7.35. The zero-order valence-electron chi connectivity index (χ0n) is 11.4. The van der Waals surface area contributed by atoms with Crippen molar-refractivity contribution in [3.8, 4) is 17.4 Å². The summed E-state index contributed by atoms with van der Waals surface area (Å²) in [7, 11) is 1.79. The van der Waals surface area contributed by atoms with E-state index in [1.165, 1.54) is 0 Å². The number of aromatic nitrogens is 2. The quantitative estimate of drug-likeness (QED) is 0.899. The van der Waals surface area contributed by atoms with Crippen LogP contribution in [0.15, 0.2) is 24.3 Å². The Labute approximate surface area is 112 Å². The highest BCUT2D eigenvalue weighted by atomic mass is 16.5. The molecule has 0 spiro atoms. The van der Waals surface area contributed by atoms with Gasteiger partial charge in [-0.2, -0.15) is 5.10 Å². The Bertz CT molecular complexity index is 547. The van der Waals surface area contributed by atoms with Gasteiger partial charge in [-0.1, -0.05) is 0 Å². The lowest BCUT2D eigenvalue weighted by atomic mass is 10.2. The molecule has 1 heterocycles. The van der Waals surface area contributed by atoms with Gasteiger partial charge < -0.3 is 14.6 Å². The number of aryl methyl sites for hydroxylation is 2. The summed E-state index contributed by atoms with van der Waals surface area (Å²) in [6.45, 7) is 4.33. The maximum absolute atomic E-state index is 9.35. The highest BCUT2D eigenvalue weighted by Crippen LogP contribution is 2.28. The molecular weight excluding hydrogens is 244 g/mol. The molecule has 2 rings (SSSR count). The first kappa shape index (κ1) is 13.4. The first-order valence-corrected chi connectivity index (χ1v) is 6.19. The predicted octanol–water partition coefficient (Wildman–Crippen LogP) is 2.41. The topological polar surface area (TPSA) is 56.5 Å². The summed E-state index contributed by atoms with van der Waals surface area (Å²) in [5.41, 5.74) is 1.47. The Hall–Kier alpha value is -2.01. The van der Waals surface area contributed by atoms with Crippen molar-refractivity contribution >= 4 is 0 Å². The molecule has 19 heavy (non-hydrogen) atoms. The van der Waals surface area contributed by atoms with Crippen molar-refractivity contribution in [1.29, 1.82) is 0 Å². The minimum atomic E-state index is -0.0912. The van der Waals surface area contributed by atoms with Crippen LogP contribution in [-0.2, 0) is 13.7 Å². The smallest absolute Gasteiger partial charge is 0.223 e. The predicted molar refractivity (Wildman–Crippen MR) is 71.6 cm³/mol. The molecule has 0 radical (unpaired) electrons. The summed E-state index contributed by atoms with van der Waals surface area (Å²) in [5, 5.41) is 13.6. The first-order chi connectivity index (χ1) is 9.15. The molecule has 0 aliphatic heterocycles. The van der Waals surface area contributed by atoms with Crippen LogP contribution in [0.3, 0.4) is 0 Å². The zero-order valence-corrected chi connectivity index (χ0v) is 11.4. The number of aliphatic hydroxyl groups excluding tert-OH is 1. The molecule has 0 aliphatic rings. The van der Waals surface area contributed by atoms with E-state index in [0.717, 1.165) is 11.4 Å². The third kappa shape index (κ3) is 2.88. The number of ether oxygens (including phenoxy) is 2. The molecule has 102 valence electrons. The van der Waals surface area contributed by atoms with Crippen LogP contribution < -0.4 is 9.47 Å². The lowest BCUT2D eigenvalue weighted by Gasteiger charge is -2.08. The monoisotopic (exact) mass is 262 g/mol. The lowest BCUT2D eigenvalue weighted by molar-refractivity contribution is 0.274. The number of hydrogen-bond donors (Lipinski definition) is 1. The van der Waals surface area contributed by atoms with Crippen molar-refractivity contribution < 1.29 is 14.6 Å². The third-order valence-corrected chi connectivity index (χ3v) is 2.80. The third-order valence-electron chi connectivity index (χ3n) is 2.80. The molecule has 0 saturated carbocycles. The SMILES string of the molecule is CCOc1ccc(Oc2c(CO)c(C)nn2C)cc1. The van der Waals surface area contributed by atoms with Gasteiger partial charge in [-0.3, -0.25) is 0 Å². The Balaban J connectivity index is 2.21. The second kappa shape index (κ2) is 5.75. The minimum Gasteiger partial charge on any atom is -0.494 e. The van der Waals surface area contributed by atoms with E-state index in [0.29, 0.717) is 23.8 Å². The molecule has 5 heteroatoms. The van der Waals surface area contributed by atoms with Crippen LogP contribution >= 0.6 is 0 Å². The van der Waals surface area contributed by atoms with Crippen LogP contribution in [0.25, 0.3) is 0 Å². The summed E-state index contributed by atoms with van der Waals surface area (Å²) >= 11 is 0. The molecular formula is C14H18N2O3. The maximum atomic E-state index is 9.35. The molecule has 0 bridgehead atoms. The van der Waals surface area contributed by atoms with Gasteiger partial charge in [0.2, 0.25) is 5.88 Å². The zero-order chi connectivity index (χ0) is 13.8. The summed E-state index contributed by atoms with van der Waals surface area (Å²) < 4.78 is 12.8. The van der Waals surface area contributed by atoms with Gasteiger partial charge in [-0.05, 0) is 38.1 Å². The maximum Gasteiger partial charge on any atom is 0.223 e. The standard InChI is InChI=1S/C14H18N2O3/c1-4-18-11-5-7-12(8-6-11)19-14-13(9-17)10(2)15-16(14)3/h5-8,17H,4,9H2,1-3H3. The van der Waals surface area contributed by atoms with Crippen molar-refractivity contribution in [2.24, 2.45) is 7.05 Å². The molecule has 1 aromatic heterocycles. The molecule has 2 aromatic rings. The van der Waals surface area contributed by atoms with E-state index in [9.17, 15) is 5.11 Å². The van der Waals surface area contributed by atoms with Gasteiger partial charge in [0.05, 0.1) is 24.5 Å². The van der Waals surface area contributed by atoms with Crippen LogP contribution in [0.2, 0.25) is 0 Å². The van der Waals surface area contributed by atoms with Gasteiger partial charge >= 0.3 is 0 Å². The Kier molecular flexibility index (Phi) is 4.06. The fraction of sp³-hybridized carbons (Fsp3) is 0.357. The van der Waals surface area contributed by atoms with Crippen molar-refractivity contribution in [1.82, 2.24) is 9.78 Å². The molecule has 5 nitrogen and oxygen atoms in total. The number of hydrogen-bond acceptors (Lipinski definition) is 4. The van der Waals surface area contributed by atoms with Gasteiger partial charge in [0.25, 0.3) is 0 Å². The molecule has 0 aliphatic carbocycles. The first-order valence-electron chi connectivity index (χ1n) is 6.19. The highest BCUT2D eigenvalue weighted by Gasteiger charge is 2.14. The van der Waals surface area contributed by atoms with E-state index in [1.54, 1.807) is 11.7 Å². The number of nitrogens with zero attached hydrogens (tertiary/aromatic N) is 2. The van der Waals surface area contributed by atoms with Crippen LogP contribution in [-0.4, -0.2) is 21.5 Å². The average molecular weight is 262 g/mol. The molecule has 0 amide bonds. The van der Waals surface area contributed by atoms with E-state index in [4.69, 9.17) is 9.47 Å². The minimum absolute atomic E-state index is 0.0912. The fourth-order valence-corrected chi connectivity index (χ4v) is 1.87. The summed E-state index contributed by atoms with van der Waals surface area (Å²) in [4.78, 5) is 0. The molecule has 0 atom stereocenters. The van der Waals surface area contributed by atoms with Crippen LogP contribution in [0.5, 0.6) is 17.4 Å². The largest absolute Gasteiger partial charge is 0.494 e. The highest BCUT2D eigenvalue weighted by molar-refractivity contribution is 5.37. The van der Waals surface area contributed by atoms with Gasteiger partial charge in [0, 0.05) is 7.05 Å². The lowest BCUT2D eigenvalue weighted by Crippen LogP contribution is -1.97. The second-order valence-corrected chi connectivity index (χ2v) is 4.16. The van der Waals surface area contributed by atoms with E-state index < -0.39 is 0 Å². The fourth-order valence-electron chi connectivity index (χ4n) is 1.87. The van der Waals surface area contributed by atoms with E-state index in [2.05, 4.69) is 5.10 Å². The molecule has 1 N–H and O–H groups in total. The molecule has 1 aromatic carbocycles. The van der Waals surface area contributed by atoms with Gasteiger partial charge in [0.1, 0.15) is 11.5 Å². The van der Waals surface area contributed by atoms with Gasteiger partial charge in [-0.15, -0.1) is 0 Å². The Morgan fingerprint density at radius 1 is 1.21 bits per heavy atom. The van der Waals surface area contributed by atoms with Crippen molar-refractivity contribution in [2.45, 2.75) is 20.5 Å². The average Bonchev–Trinajstić information content (AvgIpc) is 2.66. The van der Waals surface area contributed by atoms with Gasteiger partial charge in [0.15, 0.2) is 0 Å². The molecule has 0 saturated heterocycles. The number of aliphatic hydroxyl groups is 1. The van der Waals surface area contributed by atoms with Crippen LogP contribution in [0.4, 0.5) is 0 Å². The van der Waals surface area contributed by atoms with E-state index in [1.807, 2.05) is 38.1 Å². The summed E-state index contributed by atoms with van der Waals surface area (Å²) in [5.74, 6) is 2.05. The number of rotatable bonds is 5. The molecule has 0 unspecified atom stereocenters.